The van der Waals surface area contributed by atoms with Crippen molar-refractivity contribution < 1.29 is 14.3 Å². The summed E-state index contributed by atoms with van der Waals surface area (Å²) in [7, 11) is 0. The number of imidazole rings is 1. The van der Waals surface area contributed by atoms with Crippen molar-refractivity contribution in [2.45, 2.75) is 45.1 Å². The molecule has 0 N–H and O–H groups in total. The second-order valence-electron chi connectivity index (χ2n) is 8.52. The minimum atomic E-state index is -0.301. The Kier molecular flexibility index (Phi) is 4.82. The van der Waals surface area contributed by atoms with Gasteiger partial charge in [0.25, 0.3) is 11.8 Å². The summed E-state index contributed by atoms with van der Waals surface area (Å²) in [4.78, 5) is 33.5. The van der Waals surface area contributed by atoms with Crippen LogP contribution in [0.4, 0.5) is 0 Å². The van der Waals surface area contributed by atoms with E-state index in [1.807, 2.05) is 17.2 Å². The average molecular weight is 385 g/mol. The third-order valence-electron chi connectivity index (χ3n) is 5.39. The average Bonchev–Trinajstić information content (AvgIpc) is 3.35. The maximum Gasteiger partial charge on any atom is 0.274 e. The number of aromatic nitrogens is 3. The lowest BCUT2D eigenvalue weighted by Crippen LogP contribution is -2.53. The predicted molar refractivity (Wildman–Crippen MR) is 103 cm³/mol. The molecule has 0 aromatic carbocycles. The Morgan fingerprint density at radius 3 is 2.46 bits per heavy atom. The zero-order chi connectivity index (χ0) is 19.9. The summed E-state index contributed by atoms with van der Waals surface area (Å²) in [6, 6.07) is 3.55. The van der Waals surface area contributed by atoms with Gasteiger partial charge in [0.2, 0.25) is 0 Å². The molecule has 0 aliphatic carbocycles. The molecule has 0 saturated carbocycles. The number of rotatable bonds is 2. The minimum Gasteiger partial charge on any atom is -0.368 e. The van der Waals surface area contributed by atoms with Crippen LogP contribution in [0.5, 0.6) is 0 Å². The molecular formula is C20H27N5O3. The summed E-state index contributed by atoms with van der Waals surface area (Å²) >= 11 is 0. The smallest absolute Gasteiger partial charge is 0.274 e. The molecule has 28 heavy (non-hydrogen) atoms. The zero-order valence-corrected chi connectivity index (χ0v) is 16.7. The molecule has 2 aromatic rings. The Hall–Kier alpha value is -2.48. The fourth-order valence-corrected chi connectivity index (χ4v) is 3.63. The summed E-state index contributed by atoms with van der Waals surface area (Å²) in [5.74, 6) is -0.0607. The van der Waals surface area contributed by atoms with Crippen LogP contribution in [0.15, 0.2) is 18.3 Å². The van der Waals surface area contributed by atoms with Crippen LogP contribution in [0.25, 0.3) is 5.65 Å². The van der Waals surface area contributed by atoms with Crippen molar-refractivity contribution in [2.75, 3.05) is 32.8 Å². The molecule has 0 bridgehead atoms. The van der Waals surface area contributed by atoms with E-state index in [0.717, 1.165) is 24.2 Å². The largest absolute Gasteiger partial charge is 0.368 e. The number of carbonyl (C=O) groups excluding carboxylic acids is 2. The molecule has 2 aliphatic heterocycles. The topological polar surface area (TPSA) is 80.0 Å². The fourth-order valence-electron chi connectivity index (χ4n) is 3.63. The van der Waals surface area contributed by atoms with Gasteiger partial charge in [0.05, 0.1) is 11.9 Å². The second kappa shape index (κ2) is 7.16. The van der Waals surface area contributed by atoms with Crippen molar-refractivity contribution >= 4 is 17.5 Å². The highest BCUT2D eigenvalue weighted by Crippen LogP contribution is 2.21. The van der Waals surface area contributed by atoms with Gasteiger partial charge in [0.1, 0.15) is 11.8 Å². The Morgan fingerprint density at radius 2 is 1.82 bits per heavy atom. The van der Waals surface area contributed by atoms with Crippen LogP contribution in [0.2, 0.25) is 0 Å². The lowest BCUT2D eigenvalue weighted by molar-refractivity contribution is -0.142. The fraction of sp³-hybridized carbons (Fsp3) is 0.600. The van der Waals surface area contributed by atoms with Crippen LogP contribution in [-0.2, 0) is 14.9 Å². The first-order valence-electron chi connectivity index (χ1n) is 9.89. The van der Waals surface area contributed by atoms with Gasteiger partial charge in [0.15, 0.2) is 5.65 Å². The minimum absolute atomic E-state index is 0.0530. The normalized spacial score (nSPS) is 20.8. The van der Waals surface area contributed by atoms with E-state index in [0.29, 0.717) is 38.5 Å². The third-order valence-corrected chi connectivity index (χ3v) is 5.39. The van der Waals surface area contributed by atoms with Gasteiger partial charge in [-0.1, -0.05) is 20.8 Å². The highest BCUT2D eigenvalue weighted by Gasteiger charge is 2.32. The number of hydrogen-bond donors (Lipinski definition) is 0. The van der Waals surface area contributed by atoms with Gasteiger partial charge in [-0.2, -0.15) is 5.10 Å². The Labute approximate surface area is 164 Å². The first kappa shape index (κ1) is 18.9. The molecule has 8 heteroatoms. The van der Waals surface area contributed by atoms with Crippen molar-refractivity contribution in [1.29, 1.82) is 0 Å². The quantitative estimate of drug-likeness (QED) is 0.783. The number of amides is 2. The van der Waals surface area contributed by atoms with Gasteiger partial charge in [0, 0.05) is 38.2 Å². The van der Waals surface area contributed by atoms with Gasteiger partial charge in [-0.15, -0.1) is 0 Å². The van der Waals surface area contributed by atoms with E-state index in [2.05, 4.69) is 30.9 Å². The molecule has 2 aromatic heterocycles. The molecule has 2 fully saturated rings. The van der Waals surface area contributed by atoms with Crippen molar-refractivity contribution in [3.05, 3.63) is 29.7 Å². The molecule has 2 aliphatic rings. The van der Waals surface area contributed by atoms with Crippen LogP contribution in [0, 0.1) is 0 Å². The maximum absolute atomic E-state index is 12.9. The van der Waals surface area contributed by atoms with Crippen molar-refractivity contribution in [1.82, 2.24) is 24.4 Å². The van der Waals surface area contributed by atoms with Gasteiger partial charge in [-0.3, -0.25) is 9.59 Å². The van der Waals surface area contributed by atoms with Crippen molar-refractivity contribution in [3.8, 4) is 0 Å². The van der Waals surface area contributed by atoms with Crippen LogP contribution in [0.1, 0.15) is 49.8 Å². The molecule has 4 heterocycles. The van der Waals surface area contributed by atoms with E-state index >= 15 is 0 Å². The van der Waals surface area contributed by atoms with Gasteiger partial charge in [-0.05, 0) is 25.0 Å². The predicted octanol–water partition coefficient (Wildman–Crippen LogP) is 1.49. The highest BCUT2D eigenvalue weighted by atomic mass is 16.5. The van der Waals surface area contributed by atoms with Crippen molar-refractivity contribution in [2.24, 2.45) is 0 Å². The zero-order valence-electron chi connectivity index (χ0n) is 16.7. The molecular weight excluding hydrogens is 358 g/mol. The molecule has 0 radical (unpaired) electrons. The monoisotopic (exact) mass is 385 g/mol. The van der Waals surface area contributed by atoms with E-state index in [1.54, 1.807) is 15.5 Å². The van der Waals surface area contributed by atoms with Gasteiger partial charge >= 0.3 is 0 Å². The molecule has 2 saturated heterocycles. The number of nitrogens with zero attached hydrogens (tertiary/aromatic N) is 5. The highest BCUT2D eigenvalue weighted by molar-refractivity contribution is 5.92. The SMILES string of the molecule is CC(C)(C)c1cn2nc(C(=O)N3CCN(C(=O)C4CCCO4)CC3)ccc2n1. The second-order valence-corrected chi connectivity index (χ2v) is 8.52. The summed E-state index contributed by atoms with van der Waals surface area (Å²) in [6.45, 7) is 9.03. The van der Waals surface area contributed by atoms with E-state index in [4.69, 9.17) is 4.74 Å². The number of carbonyl (C=O) groups is 2. The molecule has 1 unspecified atom stereocenters. The first-order chi connectivity index (χ1) is 13.3. The molecule has 0 spiro atoms. The van der Waals surface area contributed by atoms with Crippen molar-refractivity contribution in [3.63, 3.8) is 0 Å². The third kappa shape index (κ3) is 3.61. The number of piperazine rings is 1. The number of ether oxygens (including phenoxy) is 1. The van der Waals surface area contributed by atoms with Crippen LogP contribution in [0.3, 0.4) is 0 Å². The van der Waals surface area contributed by atoms with E-state index in [9.17, 15) is 9.59 Å². The lowest BCUT2D eigenvalue weighted by Gasteiger charge is -2.35. The Bertz CT molecular complexity index is 887. The number of fused-ring (bicyclic) bond motifs is 1. The van der Waals surface area contributed by atoms with Crippen LogP contribution < -0.4 is 0 Å². The first-order valence-corrected chi connectivity index (χ1v) is 9.89. The summed E-state index contributed by atoms with van der Waals surface area (Å²) < 4.78 is 7.16. The summed E-state index contributed by atoms with van der Waals surface area (Å²) in [5, 5.41) is 4.46. The summed E-state index contributed by atoms with van der Waals surface area (Å²) in [6.07, 6.45) is 3.31. The standard InChI is InChI=1S/C20H27N5O3/c1-20(2,3)16-13-25-17(21-16)7-6-14(22-25)18(26)23-8-10-24(11-9-23)19(27)15-5-4-12-28-15/h6-7,13,15H,4-5,8-12H2,1-3H3. The van der Waals surface area contributed by atoms with E-state index in [1.165, 1.54) is 0 Å². The van der Waals surface area contributed by atoms with Gasteiger partial charge in [-0.25, -0.2) is 9.50 Å². The van der Waals surface area contributed by atoms with Gasteiger partial charge < -0.3 is 14.5 Å². The number of hydrogen-bond acceptors (Lipinski definition) is 5. The molecule has 2 amide bonds. The molecule has 1 atom stereocenters. The molecule has 150 valence electrons. The van der Waals surface area contributed by atoms with Crippen LogP contribution in [-0.4, -0.2) is 75.1 Å². The Balaban J connectivity index is 1.43. The lowest BCUT2D eigenvalue weighted by atomic mass is 9.93. The Morgan fingerprint density at radius 1 is 1.11 bits per heavy atom. The van der Waals surface area contributed by atoms with Crippen LogP contribution >= 0.6 is 0 Å². The molecule has 4 rings (SSSR count). The van der Waals surface area contributed by atoms with E-state index in [-0.39, 0.29) is 23.3 Å². The summed E-state index contributed by atoms with van der Waals surface area (Å²) in [5.41, 5.74) is 1.98. The maximum atomic E-state index is 12.9. The molecule has 8 nitrogen and oxygen atoms in total. The van der Waals surface area contributed by atoms with E-state index < -0.39 is 0 Å².